The molecule has 0 amide bonds. The van der Waals surface area contributed by atoms with Gasteiger partial charge in [-0.05, 0) is 31.2 Å². The van der Waals surface area contributed by atoms with E-state index in [9.17, 15) is 8.42 Å². The zero-order valence-electron chi connectivity index (χ0n) is 11.2. The molecule has 2 N–H and O–H groups in total. The first kappa shape index (κ1) is 14.7. The van der Waals surface area contributed by atoms with E-state index in [0.717, 1.165) is 0 Å². The van der Waals surface area contributed by atoms with Gasteiger partial charge >= 0.3 is 0 Å². The summed E-state index contributed by atoms with van der Waals surface area (Å²) in [6.45, 7) is 2.29. The molecular weight excluding hydrogens is 280 g/mol. The first-order valence-corrected chi connectivity index (χ1v) is 7.54. The summed E-state index contributed by atoms with van der Waals surface area (Å²) in [6, 6.07) is 6.43. The summed E-state index contributed by atoms with van der Waals surface area (Å²) >= 11 is 0. The lowest BCUT2D eigenvalue weighted by Crippen LogP contribution is -2.18. The number of fused-ring (bicyclic) bond motifs is 1. The summed E-state index contributed by atoms with van der Waals surface area (Å²) in [5.74, 6) is 0.546. The van der Waals surface area contributed by atoms with E-state index < -0.39 is 10.0 Å². The molecule has 1 heterocycles. The van der Waals surface area contributed by atoms with E-state index in [1.165, 1.54) is 12.3 Å². The van der Waals surface area contributed by atoms with Crippen molar-refractivity contribution in [1.29, 1.82) is 0 Å². The standard InChI is InChI=1S/C13H16N2O4S/c1-9(8-18-2)19-11-5-6-12(20(14,16)17)13-10(11)4-3-7-15-13/h3-7,9H,8H2,1-2H3,(H2,14,16,17). The SMILES string of the molecule is COCC(C)Oc1ccc(S(N)(=O)=O)c2ncccc12. The third kappa shape index (κ3) is 3.06. The zero-order chi connectivity index (χ0) is 14.8. The van der Waals surface area contributed by atoms with Gasteiger partial charge in [0.15, 0.2) is 0 Å². The van der Waals surface area contributed by atoms with E-state index in [2.05, 4.69) is 4.98 Å². The summed E-state index contributed by atoms with van der Waals surface area (Å²) in [4.78, 5) is 4.08. The average molecular weight is 296 g/mol. The Hall–Kier alpha value is -1.70. The second-order valence-electron chi connectivity index (χ2n) is 4.39. The highest BCUT2D eigenvalue weighted by molar-refractivity contribution is 7.89. The number of nitrogens with zero attached hydrogens (tertiary/aromatic N) is 1. The van der Waals surface area contributed by atoms with Crippen molar-refractivity contribution in [3.05, 3.63) is 30.5 Å². The molecule has 6 nitrogen and oxygen atoms in total. The predicted octanol–water partition coefficient (Wildman–Crippen LogP) is 1.30. The van der Waals surface area contributed by atoms with Crippen LogP contribution in [0.15, 0.2) is 35.4 Å². The van der Waals surface area contributed by atoms with Gasteiger partial charge in [0.1, 0.15) is 16.7 Å². The Bertz CT molecular complexity index is 715. The van der Waals surface area contributed by atoms with Gasteiger partial charge in [0.25, 0.3) is 0 Å². The van der Waals surface area contributed by atoms with Crippen molar-refractivity contribution in [1.82, 2.24) is 4.98 Å². The molecule has 0 aliphatic carbocycles. The minimum absolute atomic E-state index is 0.0140. The van der Waals surface area contributed by atoms with Gasteiger partial charge in [-0.1, -0.05) is 0 Å². The Morgan fingerprint density at radius 1 is 1.35 bits per heavy atom. The van der Waals surface area contributed by atoms with Gasteiger partial charge in [0.2, 0.25) is 10.0 Å². The van der Waals surface area contributed by atoms with Crippen molar-refractivity contribution in [2.45, 2.75) is 17.9 Å². The lowest BCUT2D eigenvalue weighted by molar-refractivity contribution is 0.0931. The van der Waals surface area contributed by atoms with E-state index in [1.807, 2.05) is 6.92 Å². The third-order valence-electron chi connectivity index (χ3n) is 2.73. The highest BCUT2D eigenvalue weighted by Gasteiger charge is 2.17. The average Bonchev–Trinajstić information content (AvgIpc) is 2.38. The summed E-state index contributed by atoms with van der Waals surface area (Å²) in [5.41, 5.74) is 0.303. The molecule has 0 spiro atoms. The Labute approximate surface area is 117 Å². The van der Waals surface area contributed by atoms with E-state index in [0.29, 0.717) is 23.3 Å². The van der Waals surface area contributed by atoms with Crippen molar-refractivity contribution in [3.8, 4) is 5.75 Å². The maximum atomic E-state index is 11.6. The number of nitrogens with two attached hydrogens (primary N) is 1. The number of hydrogen-bond acceptors (Lipinski definition) is 5. The Morgan fingerprint density at radius 3 is 2.75 bits per heavy atom. The molecule has 108 valence electrons. The van der Waals surface area contributed by atoms with Crippen LogP contribution in [0.4, 0.5) is 0 Å². The molecule has 0 fully saturated rings. The minimum atomic E-state index is -3.83. The van der Waals surface area contributed by atoms with Crippen molar-refractivity contribution in [3.63, 3.8) is 0 Å². The van der Waals surface area contributed by atoms with Crippen molar-refractivity contribution < 1.29 is 17.9 Å². The Balaban J connectivity index is 2.55. The second-order valence-corrected chi connectivity index (χ2v) is 5.92. The smallest absolute Gasteiger partial charge is 0.240 e. The highest BCUT2D eigenvalue weighted by atomic mass is 32.2. The highest BCUT2D eigenvalue weighted by Crippen LogP contribution is 2.29. The van der Waals surface area contributed by atoms with Crippen LogP contribution in [0.5, 0.6) is 5.75 Å². The van der Waals surface area contributed by atoms with Gasteiger partial charge in [0, 0.05) is 18.7 Å². The second kappa shape index (κ2) is 5.74. The lowest BCUT2D eigenvalue weighted by Gasteiger charge is -2.16. The number of methoxy groups -OCH3 is 1. The summed E-state index contributed by atoms with van der Waals surface area (Å²) in [7, 11) is -2.24. The molecule has 0 aliphatic rings. The molecule has 7 heteroatoms. The fourth-order valence-corrected chi connectivity index (χ4v) is 2.63. The van der Waals surface area contributed by atoms with Crippen LogP contribution in [0.2, 0.25) is 0 Å². The van der Waals surface area contributed by atoms with Crippen LogP contribution >= 0.6 is 0 Å². The van der Waals surface area contributed by atoms with Crippen molar-refractivity contribution in [2.24, 2.45) is 5.14 Å². The van der Waals surface area contributed by atoms with Crippen LogP contribution in [0.25, 0.3) is 10.9 Å². The van der Waals surface area contributed by atoms with Crippen molar-refractivity contribution in [2.75, 3.05) is 13.7 Å². The fraction of sp³-hybridized carbons (Fsp3) is 0.308. The van der Waals surface area contributed by atoms with Crippen LogP contribution in [0, 0.1) is 0 Å². The normalized spacial score (nSPS) is 13.3. The number of rotatable bonds is 5. The van der Waals surface area contributed by atoms with Gasteiger partial charge in [0.05, 0.1) is 12.1 Å². The molecule has 1 atom stereocenters. The Morgan fingerprint density at radius 2 is 2.10 bits per heavy atom. The van der Waals surface area contributed by atoms with E-state index in [-0.39, 0.29) is 11.0 Å². The van der Waals surface area contributed by atoms with Crippen LogP contribution in [-0.2, 0) is 14.8 Å². The molecule has 0 saturated heterocycles. The molecule has 1 aromatic heterocycles. The quantitative estimate of drug-likeness (QED) is 0.897. The van der Waals surface area contributed by atoms with E-state index >= 15 is 0 Å². The van der Waals surface area contributed by atoms with Gasteiger partial charge in [-0.15, -0.1) is 0 Å². The molecule has 2 aromatic rings. The minimum Gasteiger partial charge on any atom is -0.488 e. The topological polar surface area (TPSA) is 91.5 Å². The van der Waals surface area contributed by atoms with Crippen LogP contribution in [-0.4, -0.2) is 33.2 Å². The van der Waals surface area contributed by atoms with Gasteiger partial charge < -0.3 is 9.47 Å². The van der Waals surface area contributed by atoms with Gasteiger partial charge in [-0.25, -0.2) is 13.6 Å². The zero-order valence-corrected chi connectivity index (χ0v) is 12.1. The van der Waals surface area contributed by atoms with Gasteiger partial charge in [-0.2, -0.15) is 0 Å². The van der Waals surface area contributed by atoms with Gasteiger partial charge in [-0.3, -0.25) is 4.98 Å². The fourth-order valence-electron chi connectivity index (χ4n) is 1.94. The number of ether oxygens (including phenoxy) is 2. The third-order valence-corrected chi connectivity index (χ3v) is 3.67. The number of hydrogen-bond donors (Lipinski definition) is 1. The number of benzene rings is 1. The van der Waals surface area contributed by atoms with E-state index in [1.54, 1.807) is 25.3 Å². The molecule has 20 heavy (non-hydrogen) atoms. The molecule has 0 bridgehead atoms. The molecule has 0 aliphatic heterocycles. The number of pyridine rings is 1. The summed E-state index contributed by atoms with van der Waals surface area (Å²) in [5, 5.41) is 5.79. The largest absolute Gasteiger partial charge is 0.488 e. The molecule has 0 saturated carbocycles. The predicted molar refractivity (Wildman–Crippen MR) is 75.1 cm³/mol. The first-order chi connectivity index (χ1) is 9.43. The van der Waals surface area contributed by atoms with Crippen molar-refractivity contribution >= 4 is 20.9 Å². The number of primary sulfonamides is 1. The maximum absolute atomic E-state index is 11.6. The molecule has 2 rings (SSSR count). The number of aromatic nitrogens is 1. The maximum Gasteiger partial charge on any atom is 0.240 e. The summed E-state index contributed by atoms with van der Waals surface area (Å²) < 4.78 is 33.9. The van der Waals surface area contributed by atoms with Crippen LogP contribution in [0.3, 0.4) is 0 Å². The Kier molecular flexibility index (Phi) is 4.22. The van der Waals surface area contributed by atoms with Crippen LogP contribution < -0.4 is 9.88 Å². The first-order valence-electron chi connectivity index (χ1n) is 5.99. The van der Waals surface area contributed by atoms with Crippen LogP contribution in [0.1, 0.15) is 6.92 Å². The summed E-state index contributed by atoms with van der Waals surface area (Å²) in [6.07, 6.45) is 1.35. The molecule has 0 radical (unpaired) electrons. The number of sulfonamides is 1. The van der Waals surface area contributed by atoms with E-state index in [4.69, 9.17) is 14.6 Å². The lowest BCUT2D eigenvalue weighted by atomic mass is 10.2. The molecule has 1 unspecified atom stereocenters. The molecular formula is C13H16N2O4S. The monoisotopic (exact) mass is 296 g/mol. The molecule has 1 aromatic carbocycles.